The summed E-state index contributed by atoms with van der Waals surface area (Å²) in [6, 6.07) is 37.5. The summed E-state index contributed by atoms with van der Waals surface area (Å²) in [6.07, 6.45) is 0. The van der Waals surface area contributed by atoms with Gasteiger partial charge in [-0.3, -0.25) is 0 Å². The van der Waals surface area contributed by atoms with E-state index >= 15 is 0 Å². The lowest BCUT2D eigenvalue weighted by molar-refractivity contribution is 1.03. The number of H-pyrrole nitrogens is 1. The van der Waals surface area contributed by atoms with Crippen molar-refractivity contribution in [3.05, 3.63) is 120 Å². The molecule has 0 fully saturated rings. The van der Waals surface area contributed by atoms with Crippen molar-refractivity contribution in [2.75, 3.05) is 0 Å². The summed E-state index contributed by atoms with van der Waals surface area (Å²) in [7, 11) is 0. The summed E-state index contributed by atoms with van der Waals surface area (Å²) < 4.78 is 0. The van der Waals surface area contributed by atoms with Crippen LogP contribution in [-0.2, 0) is 0 Å². The average molecular weight is 381 g/mol. The molecular weight excluding hydrogens is 362 g/mol. The van der Waals surface area contributed by atoms with E-state index < -0.39 is 0 Å². The van der Waals surface area contributed by atoms with Gasteiger partial charge in [-0.25, -0.2) is 0 Å². The molecule has 1 N–H and O–H groups in total. The van der Waals surface area contributed by atoms with Crippen molar-refractivity contribution in [3.63, 3.8) is 0 Å². The predicted octanol–water partition coefficient (Wildman–Crippen LogP) is 7.63. The van der Waals surface area contributed by atoms with Gasteiger partial charge < -0.3 is 4.98 Å². The first-order valence-corrected chi connectivity index (χ1v) is 10.5. The number of para-hydroxylation sites is 1. The fourth-order valence-electron chi connectivity index (χ4n) is 5.52. The van der Waals surface area contributed by atoms with Crippen molar-refractivity contribution in [2.45, 2.75) is 5.92 Å². The fraction of sp³-hybridized carbons (Fsp3) is 0.0345. The Hall–Kier alpha value is -3.84. The molecule has 30 heavy (non-hydrogen) atoms. The second kappa shape index (κ2) is 5.84. The number of nitrogens with one attached hydrogen (secondary N) is 1. The van der Waals surface area contributed by atoms with E-state index in [1.165, 1.54) is 60.4 Å². The second-order valence-electron chi connectivity index (χ2n) is 8.19. The van der Waals surface area contributed by atoms with E-state index in [0.29, 0.717) is 0 Å². The Morgan fingerprint density at radius 2 is 1.23 bits per heavy atom. The van der Waals surface area contributed by atoms with Crippen LogP contribution in [0.5, 0.6) is 0 Å². The quantitative estimate of drug-likeness (QED) is 0.301. The molecule has 0 bridgehead atoms. The highest BCUT2D eigenvalue weighted by atomic mass is 14.7. The molecule has 7 rings (SSSR count). The van der Waals surface area contributed by atoms with Crippen LogP contribution in [0.2, 0.25) is 0 Å². The maximum Gasteiger partial charge on any atom is 0.0554 e. The lowest BCUT2D eigenvalue weighted by atomic mass is 9.86. The number of hydrogen-bond acceptors (Lipinski definition) is 0. The van der Waals surface area contributed by atoms with E-state index in [-0.39, 0.29) is 5.92 Å². The SMILES string of the molecule is c1ccc([C@H]2c3ccccc3-c3c2c2ccccc2c2c3[nH]c3ccccc32)cc1. The Kier molecular flexibility index (Phi) is 3.12. The first kappa shape index (κ1) is 16.0. The monoisotopic (exact) mass is 381 g/mol. The highest BCUT2D eigenvalue weighted by Gasteiger charge is 2.34. The molecule has 1 atom stereocenters. The van der Waals surface area contributed by atoms with Crippen LogP contribution in [0.1, 0.15) is 22.6 Å². The van der Waals surface area contributed by atoms with Crippen LogP contribution in [0.3, 0.4) is 0 Å². The first-order valence-electron chi connectivity index (χ1n) is 10.5. The molecule has 0 amide bonds. The number of rotatable bonds is 1. The van der Waals surface area contributed by atoms with Gasteiger partial charge >= 0.3 is 0 Å². The van der Waals surface area contributed by atoms with Crippen LogP contribution in [0.4, 0.5) is 0 Å². The molecule has 1 aliphatic rings. The van der Waals surface area contributed by atoms with Crippen LogP contribution in [0, 0.1) is 0 Å². The minimum atomic E-state index is 0.248. The van der Waals surface area contributed by atoms with Crippen LogP contribution >= 0.6 is 0 Å². The zero-order valence-corrected chi connectivity index (χ0v) is 16.4. The number of aromatic amines is 1. The van der Waals surface area contributed by atoms with Gasteiger partial charge in [0.05, 0.1) is 5.52 Å². The first-order chi connectivity index (χ1) is 14.9. The summed E-state index contributed by atoms with van der Waals surface area (Å²) in [5.74, 6) is 0.248. The van der Waals surface area contributed by atoms with Gasteiger partial charge in [-0.2, -0.15) is 0 Å². The maximum atomic E-state index is 3.78. The third-order valence-electron chi connectivity index (χ3n) is 6.67. The van der Waals surface area contributed by atoms with Crippen molar-refractivity contribution in [3.8, 4) is 11.1 Å². The minimum absolute atomic E-state index is 0.248. The molecule has 0 spiro atoms. The molecular formula is C29H19N. The zero-order valence-electron chi connectivity index (χ0n) is 16.4. The summed E-state index contributed by atoms with van der Waals surface area (Å²) in [5.41, 5.74) is 9.35. The molecule has 5 aromatic carbocycles. The van der Waals surface area contributed by atoms with E-state index in [4.69, 9.17) is 0 Å². The molecule has 1 nitrogen and oxygen atoms in total. The number of hydrogen-bond donors (Lipinski definition) is 1. The van der Waals surface area contributed by atoms with Gasteiger partial charge in [0.2, 0.25) is 0 Å². The van der Waals surface area contributed by atoms with Crippen molar-refractivity contribution in [1.29, 1.82) is 0 Å². The molecule has 1 heteroatoms. The molecule has 0 radical (unpaired) electrons. The van der Waals surface area contributed by atoms with Crippen molar-refractivity contribution in [1.82, 2.24) is 4.98 Å². The van der Waals surface area contributed by atoms with Gasteiger partial charge in [-0.1, -0.05) is 97.1 Å². The largest absolute Gasteiger partial charge is 0.354 e. The van der Waals surface area contributed by atoms with Crippen LogP contribution in [0.15, 0.2) is 103 Å². The summed E-state index contributed by atoms with van der Waals surface area (Å²) in [4.78, 5) is 3.78. The summed E-state index contributed by atoms with van der Waals surface area (Å²) >= 11 is 0. The lowest BCUT2D eigenvalue weighted by Crippen LogP contribution is -2.00. The van der Waals surface area contributed by atoms with Crippen LogP contribution in [-0.4, -0.2) is 4.98 Å². The standard InChI is InChI=1S/C29H19N/c1-2-10-18(11-3-1)25-19-12-4-7-15-22(19)28-27(25)21-14-6-5-13-20(21)26-23-16-8-9-17-24(23)30-29(26)28/h1-17,25,30H/t25-/m0/s1. The van der Waals surface area contributed by atoms with Gasteiger partial charge in [0.15, 0.2) is 0 Å². The van der Waals surface area contributed by atoms with E-state index in [9.17, 15) is 0 Å². The van der Waals surface area contributed by atoms with E-state index in [1.54, 1.807) is 0 Å². The molecule has 6 aromatic rings. The van der Waals surface area contributed by atoms with Crippen molar-refractivity contribution < 1.29 is 0 Å². The third-order valence-corrected chi connectivity index (χ3v) is 6.67. The average Bonchev–Trinajstić information content (AvgIpc) is 3.36. The summed E-state index contributed by atoms with van der Waals surface area (Å²) in [5, 5.41) is 5.32. The van der Waals surface area contributed by atoms with E-state index in [1.807, 2.05) is 0 Å². The molecule has 140 valence electrons. The fourth-order valence-corrected chi connectivity index (χ4v) is 5.52. The topological polar surface area (TPSA) is 15.8 Å². The van der Waals surface area contributed by atoms with E-state index in [0.717, 1.165) is 0 Å². The molecule has 1 aliphatic carbocycles. The third kappa shape index (κ3) is 1.97. The van der Waals surface area contributed by atoms with Gasteiger partial charge in [-0.15, -0.1) is 0 Å². The van der Waals surface area contributed by atoms with Crippen LogP contribution in [0.25, 0.3) is 43.7 Å². The van der Waals surface area contributed by atoms with E-state index in [2.05, 4.69) is 108 Å². The Morgan fingerprint density at radius 3 is 2.10 bits per heavy atom. The normalized spacial score (nSPS) is 15.0. The molecule has 0 saturated carbocycles. The van der Waals surface area contributed by atoms with Crippen molar-refractivity contribution >= 4 is 32.6 Å². The van der Waals surface area contributed by atoms with Gasteiger partial charge in [0, 0.05) is 27.8 Å². The van der Waals surface area contributed by atoms with Crippen LogP contribution < -0.4 is 0 Å². The van der Waals surface area contributed by atoms with Crippen molar-refractivity contribution in [2.24, 2.45) is 0 Å². The van der Waals surface area contributed by atoms with Gasteiger partial charge in [0.25, 0.3) is 0 Å². The second-order valence-corrected chi connectivity index (χ2v) is 8.19. The smallest absolute Gasteiger partial charge is 0.0554 e. The Morgan fingerprint density at radius 1 is 0.567 bits per heavy atom. The summed E-state index contributed by atoms with van der Waals surface area (Å²) in [6.45, 7) is 0. The molecule has 0 saturated heterocycles. The Bertz CT molecular complexity index is 1590. The predicted molar refractivity (Wildman–Crippen MR) is 126 cm³/mol. The highest BCUT2D eigenvalue weighted by Crippen LogP contribution is 2.54. The molecule has 0 unspecified atom stereocenters. The van der Waals surface area contributed by atoms with Gasteiger partial charge in [-0.05, 0) is 39.1 Å². The number of aromatic nitrogens is 1. The molecule has 1 heterocycles. The zero-order chi connectivity index (χ0) is 19.7. The Balaban J connectivity index is 1.75. The van der Waals surface area contributed by atoms with Gasteiger partial charge in [0.1, 0.15) is 0 Å². The number of fused-ring (bicyclic) bond motifs is 10. The molecule has 0 aliphatic heterocycles. The maximum absolute atomic E-state index is 3.78. The Labute approximate surface area is 174 Å². The lowest BCUT2D eigenvalue weighted by Gasteiger charge is -2.17. The number of benzene rings is 5. The molecule has 1 aromatic heterocycles. The minimum Gasteiger partial charge on any atom is -0.354 e. The highest BCUT2D eigenvalue weighted by molar-refractivity contribution is 6.26.